The van der Waals surface area contributed by atoms with Crippen LogP contribution in [0.5, 0.6) is 5.75 Å². The normalized spacial score (nSPS) is 11.9. The van der Waals surface area contributed by atoms with Crippen molar-refractivity contribution in [2.75, 3.05) is 13.7 Å². The molecule has 0 heterocycles. The minimum atomic E-state index is -0.974. The molecule has 5 heteroatoms. The number of nitrogens with two attached hydrogens (primary N) is 1. The summed E-state index contributed by atoms with van der Waals surface area (Å²) in [7, 11) is 1.58. The topological polar surface area (TPSA) is 81.8 Å². The zero-order valence-corrected chi connectivity index (χ0v) is 9.05. The van der Waals surface area contributed by atoms with Crippen molar-refractivity contribution in [3.05, 3.63) is 29.8 Å². The van der Waals surface area contributed by atoms with Crippen LogP contribution in [0.15, 0.2) is 24.3 Å². The summed E-state index contributed by atoms with van der Waals surface area (Å²) in [6, 6.07) is 6.15. The molecule has 0 aliphatic carbocycles. The van der Waals surface area contributed by atoms with Gasteiger partial charge in [-0.3, -0.25) is 4.79 Å². The third-order valence-electron chi connectivity index (χ3n) is 2.04. The molecule has 1 aromatic rings. The van der Waals surface area contributed by atoms with Crippen LogP contribution in [0.1, 0.15) is 5.56 Å². The highest BCUT2D eigenvalue weighted by atomic mass is 16.5. The number of hydrogen-bond acceptors (Lipinski definition) is 5. The molecular formula is C11H15NO4. The molecule has 0 aliphatic heterocycles. The van der Waals surface area contributed by atoms with E-state index in [4.69, 9.17) is 20.3 Å². The van der Waals surface area contributed by atoms with E-state index in [9.17, 15) is 4.79 Å². The highest BCUT2D eigenvalue weighted by Crippen LogP contribution is 2.11. The van der Waals surface area contributed by atoms with E-state index in [1.807, 2.05) is 0 Å². The number of benzene rings is 1. The van der Waals surface area contributed by atoms with Crippen LogP contribution in [-0.2, 0) is 16.1 Å². The van der Waals surface area contributed by atoms with Crippen molar-refractivity contribution in [2.24, 2.45) is 5.73 Å². The van der Waals surface area contributed by atoms with Gasteiger partial charge in [-0.05, 0) is 17.7 Å². The molecule has 0 radical (unpaired) electrons. The van der Waals surface area contributed by atoms with Gasteiger partial charge in [0, 0.05) is 0 Å². The molecule has 0 amide bonds. The summed E-state index contributed by atoms with van der Waals surface area (Å²) in [4.78, 5) is 11.1. The van der Waals surface area contributed by atoms with Gasteiger partial charge in [0.2, 0.25) is 0 Å². The molecule has 0 spiro atoms. The lowest BCUT2D eigenvalue weighted by molar-refractivity contribution is -0.147. The van der Waals surface area contributed by atoms with Gasteiger partial charge in [0.05, 0.1) is 13.7 Å². The molecule has 0 aromatic heterocycles. The number of methoxy groups -OCH3 is 1. The van der Waals surface area contributed by atoms with Crippen LogP contribution in [0.2, 0.25) is 0 Å². The standard InChI is InChI=1S/C11H15NO4/c1-15-9-4-2-8(3-5-9)7-16-11(14)10(12)6-13/h2-5,10,13H,6-7,12H2,1H3. The van der Waals surface area contributed by atoms with E-state index >= 15 is 0 Å². The van der Waals surface area contributed by atoms with E-state index in [1.165, 1.54) is 0 Å². The first kappa shape index (κ1) is 12.5. The molecule has 1 rings (SSSR count). The van der Waals surface area contributed by atoms with Crippen LogP contribution in [0.4, 0.5) is 0 Å². The van der Waals surface area contributed by atoms with E-state index in [-0.39, 0.29) is 6.61 Å². The first-order valence-corrected chi connectivity index (χ1v) is 4.83. The molecule has 0 aliphatic rings. The second-order valence-electron chi connectivity index (χ2n) is 3.24. The van der Waals surface area contributed by atoms with Crippen molar-refractivity contribution in [3.8, 4) is 5.75 Å². The molecular weight excluding hydrogens is 210 g/mol. The van der Waals surface area contributed by atoms with Crippen molar-refractivity contribution in [2.45, 2.75) is 12.6 Å². The Morgan fingerprint density at radius 3 is 2.56 bits per heavy atom. The van der Waals surface area contributed by atoms with Crippen LogP contribution in [0, 0.1) is 0 Å². The number of aliphatic hydroxyl groups excluding tert-OH is 1. The number of esters is 1. The lowest BCUT2D eigenvalue weighted by atomic mass is 10.2. The molecule has 1 aromatic carbocycles. The average Bonchev–Trinajstić information content (AvgIpc) is 2.35. The summed E-state index contributed by atoms with van der Waals surface area (Å²) in [5, 5.41) is 8.63. The maximum Gasteiger partial charge on any atom is 0.325 e. The summed E-state index contributed by atoms with van der Waals surface area (Å²) < 4.78 is 9.88. The second kappa shape index (κ2) is 6.09. The highest BCUT2D eigenvalue weighted by Gasteiger charge is 2.13. The van der Waals surface area contributed by atoms with E-state index in [0.29, 0.717) is 0 Å². The predicted molar refractivity (Wildman–Crippen MR) is 57.9 cm³/mol. The smallest absolute Gasteiger partial charge is 0.325 e. The molecule has 0 saturated heterocycles. The molecule has 1 unspecified atom stereocenters. The summed E-state index contributed by atoms with van der Waals surface area (Å²) >= 11 is 0. The van der Waals surface area contributed by atoms with Crippen molar-refractivity contribution < 1.29 is 19.4 Å². The van der Waals surface area contributed by atoms with Gasteiger partial charge in [-0.1, -0.05) is 12.1 Å². The largest absolute Gasteiger partial charge is 0.497 e. The Kier molecular flexibility index (Phi) is 4.75. The quantitative estimate of drug-likeness (QED) is 0.692. The fourth-order valence-electron chi connectivity index (χ4n) is 1.06. The molecule has 16 heavy (non-hydrogen) atoms. The molecule has 3 N–H and O–H groups in total. The van der Waals surface area contributed by atoms with Crippen molar-refractivity contribution >= 4 is 5.97 Å². The Morgan fingerprint density at radius 1 is 1.44 bits per heavy atom. The van der Waals surface area contributed by atoms with Gasteiger partial charge in [0.1, 0.15) is 18.4 Å². The zero-order valence-electron chi connectivity index (χ0n) is 9.05. The third-order valence-corrected chi connectivity index (χ3v) is 2.04. The van der Waals surface area contributed by atoms with Crippen LogP contribution in [-0.4, -0.2) is 30.8 Å². The molecule has 1 atom stereocenters. The van der Waals surface area contributed by atoms with Gasteiger partial charge < -0.3 is 20.3 Å². The molecule has 88 valence electrons. The first-order chi connectivity index (χ1) is 7.67. The van der Waals surface area contributed by atoms with E-state index in [0.717, 1.165) is 11.3 Å². The number of aliphatic hydroxyl groups is 1. The number of carbonyl (C=O) groups is 1. The van der Waals surface area contributed by atoms with Crippen LogP contribution < -0.4 is 10.5 Å². The lowest BCUT2D eigenvalue weighted by Crippen LogP contribution is -2.35. The zero-order chi connectivity index (χ0) is 12.0. The minimum absolute atomic E-state index is 0.135. The van der Waals surface area contributed by atoms with Gasteiger partial charge >= 0.3 is 5.97 Å². The van der Waals surface area contributed by atoms with E-state index in [1.54, 1.807) is 31.4 Å². The summed E-state index contributed by atoms with van der Waals surface area (Å²) in [5.74, 6) is 0.125. The first-order valence-electron chi connectivity index (χ1n) is 4.83. The molecule has 0 saturated carbocycles. The van der Waals surface area contributed by atoms with Gasteiger partial charge in [-0.15, -0.1) is 0 Å². The summed E-state index contributed by atoms with van der Waals surface area (Å²) in [6.07, 6.45) is 0. The fraction of sp³-hybridized carbons (Fsp3) is 0.364. The number of hydrogen-bond donors (Lipinski definition) is 2. The van der Waals surface area contributed by atoms with Gasteiger partial charge in [0.15, 0.2) is 0 Å². The maximum atomic E-state index is 11.1. The molecule has 0 fully saturated rings. The lowest BCUT2D eigenvalue weighted by Gasteiger charge is -2.09. The number of rotatable bonds is 5. The number of ether oxygens (including phenoxy) is 2. The third kappa shape index (κ3) is 3.52. The van der Waals surface area contributed by atoms with Crippen LogP contribution in [0.25, 0.3) is 0 Å². The SMILES string of the molecule is COc1ccc(COC(=O)C(N)CO)cc1. The van der Waals surface area contributed by atoms with Gasteiger partial charge in [-0.2, -0.15) is 0 Å². The Balaban J connectivity index is 2.45. The minimum Gasteiger partial charge on any atom is -0.497 e. The van der Waals surface area contributed by atoms with E-state index < -0.39 is 18.6 Å². The van der Waals surface area contributed by atoms with Crippen molar-refractivity contribution in [1.29, 1.82) is 0 Å². The monoisotopic (exact) mass is 225 g/mol. The van der Waals surface area contributed by atoms with Gasteiger partial charge in [-0.25, -0.2) is 0 Å². The Labute approximate surface area is 93.8 Å². The highest BCUT2D eigenvalue weighted by molar-refractivity contribution is 5.75. The second-order valence-corrected chi connectivity index (χ2v) is 3.24. The van der Waals surface area contributed by atoms with Gasteiger partial charge in [0.25, 0.3) is 0 Å². The van der Waals surface area contributed by atoms with E-state index in [2.05, 4.69) is 0 Å². The summed E-state index contributed by atoms with van der Waals surface area (Å²) in [6.45, 7) is -0.280. The molecule has 5 nitrogen and oxygen atoms in total. The van der Waals surface area contributed by atoms with Crippen molar-refractivity contribution in [1.82, 2.24) is 0 Å². The molecule has 0 bridgehead atoms. The number of carbonyl (C=O) groups excluding carboxylic acids is 1. The maximum absolute atomic E-state index is 11.1. The average molecular weight is 225 g/mol. The summed E-state index contributed by atoms with van der Waals surface area (Å²) in [5.41, 5.74) is 6.11. The Bertz CT molecular complexity index is 336. The van der Waals surface area contributed by atoms with Crippen molar-refractivity contribution in [3.63, 3.8) is 0 Å². The van der Waals surface area contributed by atoms with Crippen LogP contribution >= 0.6 is 0 Å². The Morgan fingerprint density at radius 2 is 2.06 bits per heavy atom. The Hall–Kier alpha value is -1.59. The predicted octanol–water partition coefficient (Wildman–Crippen LogP) is 0.0580. The van der Waals surface area contributed by atoms with Crippen LogP contribution in [0.3, 0.4) is 0 Å². The fourth-order valence-corrected chi connectivity index (χ4v) is 1.06.